The molecule has 0 aromatic heterocycles. The van der Waals surface area contributed by atoms with E-state index in [9.17, 15) is 0 Å². The zero-order valence-electron chi connectivity index (χ0n) is 7.91. The van der Waals surface area contributed by atoms with Gasteiger partial charge in [0.05, 0.1) is 13.2 Å². The van der Waals surface area contributed by atoms with Gasteiger partial charge in [0, 0.05) is 0 Å². The van der Waals surface area contributed by atoms with Gasteiger partial charge in [-0.2, -0.15) is 30.3 Å². The fourth-order valence-electron chi connectivity index (χ4n) is 1.23. The van der Waals surface area contributed by atoms with Crippen LogP contribution in [0.5, 0.6) is 0 Å². The summed E-state index contributed by atoms with van der Waals surface area (Å²) in [5.41, 5.74) is 1.05. The molecule has 0 spiro atoms. The number of hydrogen-bond donors (Lipinski definition) is 0. The fourth-order valence-corrected chi connectivity index (χ4v) is 1.23. The van der Waals surface area contributed by atoms with Gasteiger partial charge in [-0.3, -0.25) is 0 Å². The molecule has 0 saturated carbocycles. The summed E-state index contributed by atoms with van der Waals surface area (Å²) in [7, 11) is 0. The predicted molar refractivity (Wildman–Crippen MR) is 50.3 cm³/mol. The number of ether oxygens (including phenoxy) is 2. The minimum atomic E-state index is -0.170. The van der Waals surface area contributed by atoms with Crippen molar-refractivity contribution in [3.63, 3.8) is 0 Å². The number of halogens is 1. The van der Waals surface area contributed by atoms with Crippen LogP contribution in [0.15, 0.2) is 24.3 Å². The summed E-state index contributed by atoms with van der Waals surface area (Å²) in [4.78, 5) is 0. The summed E-state index contributed by atoms with van der Waals surface area (Å²) in [5, 5.41) is 0. The van der Waals surface area contributed by atoms with Crippen LogP contribution >= 0.6 is 0 Å². The van der Waals surface area contributed by atoms with E-state index >= 15 is 0 Å². The Kier molecular flexibility index (Phi) is 7.86. The Morgan fingerprint density at radius 3 is 2.57 bits per heavy atom. The third kappa shape index (κ3) is 3.86. The third-order valence-corrected chi connectivity index (χ3v) is 1.83. The van der Waals surface area contributed by atoms with E-state index < -0.39 is 0 Å². The Bertz CT molecular complexity index is 237. The zero-order chi connectivity index (χ0) is 8.23. The van der Waals surface area contributed by atoms with E-state index in [4.69, 9.17) is 9.47 Å². The molecule has 0 radical (unpaired) electrons. The molecule has 2 nitrogen and oxygen atoms in total. The molecule has 0 atom stereocenters. The van der Waals surface area contributed by atoms with Crippen LogP contribution in [0.4, 0.5) is 0 Å². The molecule has 1 saturated heterocycles. The van der Waals surface area contributed by atoms with Crippen molar-refractivity contribution in [1.29, 1.82) is 0 Å². The summed E-state index contributed by atoms with van der Waals surface area (Å²) in [6.45, 7) is 1.58. The largest absolute Gasteiger partial charge is 2.00 e. The van der Waals surface area contributed by atoms with Gasteiger partial charge in [-0.25, -0.2) is 0 Å². The van der Waals surface area contributed by atoms with Crippen molar-refractivity contribution in [3.8, 4) is 0 Å². The van der Waals surface area contributed by atoms with Crippen LogP contribution in [0.1, 0.15) is 18.3 Å². The van der Waals surface area contributed by atoms with Crippen LogP contribution in [-0.4, -0.2) is 36.3 Å². The van der Waals surface area contributed by atoms with Crippen LogP contribution in [0, 0.1) is 6.07 Å². The van der Waals surface area contributed by atoms with Gasteiger partial charge in [-0.1, -0.05) is 0 Å². The first-order chi connectivity index (χ1) is 5.97. The van der Waals surface area contributed by atoms with Gasteiger partial charge < -0.3 is 26.5 Å². The molecular formula is C10H11BrMgO2. The van der Waals surface area contributed by atoms with Crippen LogP contribution in [-0.2, 0) is 9.47 Å². The topological polar surface area (TPSA) is 18.5 Å². The average Bonchev–Trinajstić information content (AvgIpc) is 2.21. The molecule has 4 heteroatoms. The van der Waals surface area contributed by atoms with Gasteiger partial charge in [0.15, 0.2) is 0 Å². The van der Waals surface area contributed by atoms with E-state index in [-0.39, 0.29) is 46.3 Å². The van der Waals surface area contributed by atoms with Crippen LogP contribution in [0.3, 0.4) is 0 Å². The molecule has 72 valence electrons. The minimum absolute atomic E-state index is 0. The second-order valence-electron chi connectivity index (χ2n) is 2.76. The van der Waals surface area contributed by atoms with Crippen molar-refractivity contribution < 1.29 is 26.5 Å². The third-order valence-electron chi connectivity index (χ3n) is 1.83. The van der Waals surface area contributed by atoms with Gasteiger partial charge in [0.1, 0.15) is 6.29 Å². The zero-order valence-corrected chi connectivity index (χ0v) is 10.9. The van der Waals surface area contributed by atoms with Crippen molar-refractivity contribution in [1.82, 2.24) is 0 Å². The molecule has 0 bridgehead atoms. The normalized spacial score (nSPS) is 16.6. The van der Waals surface area contributed by atoms with E-state index in [0.29, 0.717) is 0 Å². The van der Waals surface area contributed by atoms with E-state index in [1.807, 2.05) is 24.3 Å². The maximum Gasteiger partial charge on any atom is 2.00 e. The van der Waals surface area contributed by atoms with Crippen molar-refractivity contribution in [2.75, 3.05) is 13.2 Å². The predicted octanol–water partition coefficient (Wildman–Crippen LogP) is -1.45. The quantitative estimate of drug-likeness (QED) is 0.458. The Balaban J connectivity index is 0.000000845. The number of benzene rings is 1. The molecule has 0 aliphatic carbocycles. The van der Waals surface area contributed by atoms with Crippen LogP contribution < -0.4 is 17.0 Å². The Morgan fingerprint density at radius 1 is 1.29 bits per heavy atom. The first-order valence-corrected chi connectivity index (χ1v) is 4.16. The molecular weight excluding hydrogens is 256 g/mol. The molecule has 1 aliphatic heterocycles. The molecule has 1 aliphatic rings. The molecule has 1 aromatic carbocycles. The minimum Gasteiger partial charge on any atom is -1.00 e. The summed E-state index contributed by atoms with van der Waals surface area (Å²) in [5.74, 6) is 0. The van der Waals surface area contributed by atoms with E-state index in [2.05, 4.69) is 6.07 Å². The van der Waals surface area contributed by atoms with E-state index in [0.717, 1.165) is 25.2 Å². The molecule has 2 rings (SSSR count). The van der Waals surface area contributed by atoms with Crippen LogP contribution in [0.25, 0.3) is 0 Å². The maximum absolute atomic E-state index is 5.42. The van der Waals surface area contributed by atoms with Crippen molar-refractivity contribution in [2.24, 2.45) is 0 Å². The first kappa shape index (κ1) is 14.4. The monoisotopic (exact) mass is 266 g/mol. The maximum atomic E-state index is 5.42. The van der Waals surface area contributed by atoms with Gasteiger partial charge in [-0.05, 0) is 6.42 Å². The summed E-state index contributed by atoms with van der Waals surface area (Å²) in [6, 6.07) is 10.7. The number of rotatable bonds is 1. The Labute approximate surface area is 111 Å². The second kappa shape index (κ2) is 7.65. The molecule has 14 heavy (non-hydrogen) atoms. The van der Waals surface area contributed by atoms with Gasteiger partial charge in [-0.15, -0.1) is 5.56 Å². The molecule has 1 heterocycles. The summed E-state index contributed by atoms with van der Waals surface area (Å²) >= 11 is 0. The molecule has 1 fully saturated rings. The summed E-state index contributed by atoms with van der Waals surface area (Å²) in [6.07, 6.45) is 0.823. The van der Waals surface area contributed by atoms with Gasteiger partial charge in [0.2, 0.25) is 0 Å². The Morgan fingerprint density at radius 2 is 2.00 bits per heavy atom. The number of hydrogen-bond acceptors (Lipinski definition) is 2. The van der Waals surface area contributed by atoms with Gasteiger partial charge >= 0.3 is 23.1 Å². The second-order valence-corrected chi connectivity index (χ2v) is 2.76. The average molecular weight is 267 g/mol. The molecule has 0 N–H and O–H groups in total. The van der Waals surface area contributed by atoms with Crippen molar-refractivity contribution in [2.45, 2.75) is 12.7 Å². The van der Waals surface area contributed by atoms with Crippen molar-refractivity contribution >= 4 is 23.1 Å². The van der Waals surface area contributed by atoms with Crippen LogP contribution in [0.2, 0.25) is 0 Å². The van der Waals surface area contributed by atoms with Gasteiger partial charge in [0.25, 0.3) is 0 Å². The SMILES string of the molecule is [Br-].[Mg+2].[c-]1cccc(C2OCCCO2)c1. The molecule has 0 amide bonds. The fraction of sp³-hybridized carbons (Fsp3) is 0.400. The molecule has 0 unspecified atom stereocenters. The smallest absolute Gasteiger partial charge is 1.00 e. The standard InChI is InChI=1S/C10H11O2.BrH.Mg/c1-2-5-9(6-3-1)10-11-7-4-8-12-10;;/h1-2,5-6,10H,4,7-8H2;1H;/q-1;;+2/p-1. The molecule has 1 aromatic rings. The van der Waals surface area contributed by atoms with E-state index in [1.165, 1.54) is 0 Å². The van der Waals surface area contributed by atoms with E-state index in [1.54, 1.807) is 0 Å². The Hall–Kier alpha value is 0.386. The first-order valence-electron chi connectivity index (χ1n) is 4.16. The van der Waals surface area contributed by atoms with Crippen molar-refractivity contribution in [3.05, 3.63) is 35.9 Å². The summed E-state index contributed by atoms with van der Waals surface area (Å²) < 4.78 is 10.8.